The standard InChI is InChI=1S/C18H15BrN2O2/c19-15-9-5-4-8-14(15)10-17-20-11-16(18(22)21-17)23-12-13-6-2-1-3-7-13/h1-9,11H,10,12H2,(H,20,21,22). The summed E-state index contributed by atoms with van der Waals surface area (Å²) in [6.07, 6.45) is 2.03. The van der Waals surface area contributed by atoms with Crippen LogP contribution in [0.5, 0.6) is 5.75 Å². The maximum absolute atomic E-state index is 12.1. The predicted molar refractivity (Wildman–Crippen MR) is 92.6 cm³/mol. The summed E-state index contributed by atoms with van der Waals surface area (Å²) in [5.74, 6) is 0.832. The maximum Gasteiger partial charge on any atom is 0.293 e. The van der Waals surface area contributed by atoms with Gasteiger partial charge in [0.05, 0.1) is 6.20 Å². The lowest BCUT2D eigenvalue weighted by Gasteiger charge is -2.07. The molecule has 0 unspecified atom stereocenters. The quantitative estimate of drug-likeness (QED) is 0.744. The van der Waals surface area contributed by atoms with Crippen LogP contribution in [0.4, 0.5) is 0 Å². The first-order valence-corrected chi connectivity index (χ1v) is 8.00. The number of rotatable bonds is 5. The van der Waals surface area contributed by atoms with Crippen LogP contribution in [0.3, 0.4) is 0 Å². The van der Waals surface area contributed by atoms with Crippen LogP contribution in [-0.2, 0) is 13.0 Å². The molecule has 0 fully saturated rings. The first kappa shape index (κ1) is 15.5. The average molecular weight is 371 g/mol. The molecule has 0 atom stereocenters. The third-order valence-corrected chi connectivity index (χ3v) is 4.15. The van der Waals surface area contributed by atoms with Gasteiger partial charge in [-0.3, -0.25) is 4.79 Å². The van der Waals surface area contributed by atoms with Gasteiger partial charge in [0, 0.05) is 10.9 Å². The summed E-state index contributed by atoms with van der Waals surface area (Å²) < 4.78 is 6.53. The Labute approximate surface area is 142 Å². The zero-order chi connectivity index (χ0) is 16.1. The second-order valence-corrected chi connectivity index (χ2v) is 5.92. The topological polar surface area (TPSA) is 55.0 Å². The van der Waals surface area contributed by atoms with Crippen molar-refractivity contribution in [3.05, 3.63) is 92.6 Å². The third-order valence-electron chi connectivity index (χ3n) is 3.37. The summed E-state index contributed by atoms with van der Waals surface area (Å²) in [7, 11) is 0. The molecule has 0 aliphatic rings. The van der Waals surface area contributed by atoms with Gasteiger partial charge in [-0.05, 0) is 17.2 Å². The highest BCUT2D eigenvalue weighted by Crippen LogP contribution is 2.18. The molecular weight excluding hydrogens is 356 g/mol. The van der Waals surface area contributed by atoms with E-state index in [2.05, 4.69) is 25.9 Å². The Hall–Kier alpha value is -2.40. The van der Waals surface area contributed by atoms with Gasteiger partial charge in [-0.25, -0.2) is 4.98 Å². The van der Waals surface area contributed by atoms with Crippen molar-refractivity contribution in [2.45, 2.75) is 13.0 Å². The SMILES string of the molecule is O=c1[nH]c(Cc2ccccc2Br)ncc1OCc1ccccc1. The first-order valence-electron chi connectivity index (χ1n) is 7.21. The normalized spacial score (nSPS) is 10.5. The van der Waals surface area contributed by atoms with Crippen molar-refractivity contribution in [1.29, 1.82) is 0 Å². The van der Waals surface area contributed by atoms with E-state index in [1.54, 1.807) is 0 Å². The molecule has 0 saturated carbocycles. The number of nitrogens with one attached hydrogen (secondary N) is 1. The molecule has 116 valence electrons. The van der Waals surface area contributed by atoms with Gasteiger partial charge in [-0.1, -0.05) is 64.5 Å². The van der Waals surface area contributed by atoms with Gasteiger partial charge in [0.1, 0.15) is 12.4 Å². The van der Waals surface area contributed by atoms with Gasteiger partial charge >= 0.3 is 0 Å². The number of halogens is 1. The van der Waals surface area contributed by atoms with Crippen molar-refractivity contribution in [3.63, 3.8) is 0 Å². The number of nitrogens with zero attached hydrogens (tertiary/aromatic N) is 1. The minimum Gasteiger partial charge on any atom is -0.482 e. The smallest absolute Gasteiger partial charge is 0.293 e. The number of hydrogen-bond donors (Lipinski definition) is 1. The largest absolute Gasteiger partial charge is 0.482 e. The van der Waals surface area contributed by atoms with Crippen molar-refractivity contribution in [1.82, 2.24) is 9.97 Å². The Morgan fingerprint density at radius 3 is 2.52 bits per heavy atom. The molecule has 0 saturated heterocycles. The summed E-state index contributed by atoms with van der Waals surface area (Å²) in [6, 6.07) is 17.6. The van der Waals surface area contributed by atoms with Crippen molar-refractivity contribution >= 4 is 15.9 Å². The Kier molecular flexibility index (Phi) is 4.88. The zero-order valence-corrected chi connectivity index (χ0v) is 13.9. The summed E-state index contributed by atoms with van der Waals surface area (Å²) in [5, 5.41) is 0. The second kappa shape index (κ2) is 7.24. The van der Waals surface area contributed by atoms with E-state index in [0.717, 1.165) is 15.6 Å². The zero-order valence-electron chi connectivity index (χ0n) is 12.3. The van der Waals surface area contributed by atoms with Crippen molar-refractivity contribution in [2.24, 2.45) is 0 Å². The molecule has 1 N–H and O–H groups in total. The first-order chi connectivity index (χ1) is 11.2. The fraction of sp³-hybridized carbons (Fsp3) is 0.111. The van der Waals surface area contributed by atoms with Crippen LogP contribution in [-0.4, -0.2) is 9.97 Å². The molecule has 4 nitrogen and oxygen atoms in total. The van der Waals surface area contributed by atoms with Crippen molar-refractivity contribution in [2.75, 3.05) is 0 Å². The fourth-order valence-corrected chi connectivity index (χ4v) is 2.60. The molecule has 2 aromatic carbocycles. The fourth-order valence-electron chi connectivity index (χ4n) is 2.17. The summed E-state index contributed by atoms with van der Waals surface area (Å²) in [5.41, 5.74) is 1.80. The molecule has 0 aliphatic carbocycles. The Morgan fingerprint density at radius 2 is 1.78 bits per heavy atom. The van der Waals surface area contributed by atoms with E-state index in [-0.39, 0.29) is 11.3 Å². The van der Waals surface area contributed by atoms with Crippen molar-refractivity contribution in [3.8, 4) is 5.75 Å². The molecule has 0 radical (unpaired) electrons. The van der Waals surface area contributed by atoms with E-state index in [1.165, 1.54) is 6.20 Å². The molecule has 0 spiro atoms. The Bertz CT molecular complexity index is 847. The minimum atomic E-state index is -0.266. The van der Waals surface area contributed by atoms with E-state index < -0.39 is 0 Å². The van der Waals surface area contributed by atoms with Gasteiger partial charge < -0.3 is 9.72 Å². The van der Waals surface area contributed by atoms with E-state index in [4.69, 9.17) is 4.74 Å². The molecule has 0 amide bonds. The summed E-state index contributed by atoms with van der Waals surface area (Å²) >= 11 is 3.49. The van der Waals surface area contributed by atoms with E-state index in [0.29, 0.717) is 18.9 Å². The summed E-state index contributed by atoms with van der Waals surface area (Å²) in [6.45, 7) is 0.342. The molecule has 5 heteroatoms. The van der Waals surface area contributed by atoms with Gasteiger partial charge in [0.15, 0.2) is 0 Å². The lowest BCUT2D eigenvalue weighted by Crippen LogP contribution is -2.15. The van der Waals surface area contributed by atoms with Crippen LogP contribution >= 0.6 is 15.9 Å². The molecule has 1 aromatic heterocycles. The lowest BCUT2D eigenvalue weighted by molar-refractivity contribution is 0.300. The van der Waals surface area contributed by atoms with Crippen LogP contribution in [0.2, 0.25) is 0 Å². The van der Waals surface area contributed by atoms with Crippen molar-refractivity contribution < 1.29 is 4.74 Å². The van der Waals surface area contributed by atoms with E-state index >= 15 is 0 Å². The number of aromatic nitrogens is 2. The highest BCUT2D eigenvalue weighted by molar-refractivity contribution is 9.10. The number of hydrogen-bond acceptors (Lipinski definition) is 3. The van der Waals surface area contributed by atoms with Crippen LogP contribution in [0, 0.1) is 0 Å². The monoisotopic (exact) mass is 370 g/mol. The summed E-state index contributed by atoms with van der Waals surface area (Å²) in [4.78, 5) is 19.2. The van der Waals surface area contributed by atoms with Gasteiger partial charge in [0.25, 0.3) is 5.56 Å². The lowest BCUT2D eigenvalue weighted by atomic mass is 10.1. The molecular formula is C18H15BrN2O2. The molecule has 0 bridgehead atoms. The van der Waals surface area contributed by atoms with Crippen LogP contribution in [0.25, 0.3) is 0 Å². The number of H-pyrrole nitrogens is 1. The molecule has 0 aliphatic heterocycles. The van der Waals surface area contributed by atoms with Crippen LogP contribution in [0.15, 0.2) is 70.1 Å². The number of benzene rings is 2. The number of ether oxygens (including phenoxy) is 1. The molecule has 23 heavy (non-hydrogen) atoms. The number of aromatic amines is 1. The van der Waals surface area contributed by atoms with Crippen LogP contribution < -0.4 is 10.3 Å². The molecule has 3 aromatic rings. The predicted octanol–water partition coefficient (Wildman–Crippen LogP) is 3.70. The average Bonchev–Trinajstić information content (AvgIpc) is 2.57. The van der Waals surface area contributed by atoms with E-state index in [1.807, 2.05) is 54.6 Å². The maximum atomic E-state index is 12.1. The highest BCUT2D eigenvalue weighted by atomic mass is 79.9. The second-order valence-electron chi connectivity index (χ2n) is 5.07. The minimum absolute atomic E-state index is 0.227. The highest BCUT2D eigenvalue weighted by Gasteiger charge is 2.06. The van der Waals surface area contributed by atoms with Crippen LogP contribution in [0.1, 0.15) is 17.0 Å². The van der Waals surface area contributed by atoms with Gasteiger partial charge in [0.2, 0.25) is 5.75 Å². The third kappa shape index (κ3) is 4.07. The molecule has 1 heterocycles. The molecule has 3 rings (SSSR count). The Balaban J connectivity index is 1.71. The van der Waals surface area contributed by atoms with E-state index in [9.17, 15) is 4.79 Å². The van der Waals surface area contributed by atoms with Gasteiger partial charge in [-0.15, -0.1) is 0 Å². The van der Waals surface area contributed by atoms with Gasteiger partial charge in [-0.2, -0.15) is 0 Å². The Morgan fingerprint density at radius 1 is 1.04 bits per heavy atom.